The number of unbranched alkanes of at least 4 members (excludes halogenated alkanes) is 6. The standard InChI is InChI=1S/C37H59NO8/c1-3-4-5-6-7-8-9-10-34-11-13-35(14-12-34)33-38-36-15-17-37(18-16-36)46-32-31-45-30-29-44-28-27-43-26-25-42-24-23-41-22-21-40-20-19-39-2/h11-18,33H,3-10,19-32H2,1-2H3. The van der Waals surface area contributed by atoms with Crippen molar-refractivity contribution < 1.29 is 37.9 Å². The number of aliphatic imine (C=N–C) groups is 1. The fourth-order valence-corrected chi connectivity index (χ4v) is 4.40. The van der Waals surface area contributed by atoms with Gasteiger partial charge in [-0.25, -0.2) is 0 Å². The third-order valence-electron chi connectivity index (χ3n) is 7.04. The van der Waals surface area contributed by atoms with Crippen molar-refractivity contribution in [3.05, 3.63) is 59.7 Å². The van der Waals surface area contributed by atoms with Crippen LogP contribution in [0.1, 0.15) is 63.0 Å². The third kappa shape index (κ3) is 23.0. The lowest BCUT2D eigenvalue weighted by Crippen LogP contribution is -2.15. The molecule has 9 nitrogen and oxygen atoms in total. The molecular weight excluding hydrogens is 586 g/mol. The molecular formula is C37H59NO8. The summed E-state index contributed by atoms with van der Waals surface area (Å²) in [7, 11) is 1.65. The average molecular weight is 646 g/mol. The second-order valence-electron chi connectivity index (χ2n) is 10.9. The van der Waals surface area contributed by atoms with Gasteiger partial charge in [0.2, 0.25) is 0 Å². The number of hydrogen-bond donors (Lipinski definition) is 0. The SMILES string of the molecule is CCCCCCCCCc1ccc(C=Nc2ccc(OCCOCCOCCOCCOCCOCCOCCOC)cc2)cc1. The van der Waals surface area contributed by atoms with Crippen molar-refractivity contribution in [2.45, 2.75) is 58.3 Å². The normalized spacial score (nSPS) is 11.5. The Morgan fingerprint density at radius 1 is 0.500 bits per heavy atom. The van der Waals surface area contributed by atoms with Gasteiger partial charge in [-0.05, 0) is 48.2 Å². The van der Waals surface area contributed by atoms with Crippen molar-refractivity contribution >= 4 is 11.9 Å². The van der Waals surface area contributed by atoms with Crippen LogP contribution >= 0.6 is 0 Å². The zero-order valence-corrected chi connectivity index (χ0v) is 28.5. The van der Waals surface area contributed by atoms with Gasteiger partial charge in [-0.1, -0.05) is 69.7 Å². The van der Waals surface area contributed by atoms with Gasteiger partial charge in [0.1, 0.15) is 12.4 Å². The summed E-state index contributed by atoms with van der Waals surface area (Å²) >= 11 is 0. The minimum atomic E-state index is 0.476. The van der Waals surface area contributed by atoms with Gasteiger partial charge in [0, 0.05) is 13.3 Å². The van der Waals surface area contributed by atoms with Gasteiger partial charge in [0.25, 0.3) is 0 Å². The molecule has 0 fully saturated rings. The Kier molecular flexibility index (Phi) is 26.0. The predicted octanol–water partition coefficient (Wildman–Crippen LogP) is 6.86. The van der Waals surface area contributed by atoms with Gasteiger partial charge in [-0.15, -0.1) is 0 Å². The van der Waals surface area contributed by atoms with Crippen LogP contribution in [0.15, 0.2) is 53.5 Å². The molecule has 0 bridgehead atoms. The summed E-state index contributed by atoms with van der Waals surface area (Å²) in [5.41, 5.74) is 3.41. The van der Waals surface area contributed by atoms with E-state index in [0.29, 0.717) is 92.5 Å². The van der Waals surface area contributed by atoms with E-state index in [0.717, 1.165) is 23.4 Å². The number of aryl methyl sites for hydroxylation is 1. The van der Waals surface area contributed by atoms with Gasteiger partial charge in [-0.2, -0.15) is 0 Å². The summed E-state index contributed by atoms with van der Waals surface area (Å²) in [6.07, 6.45) is 12.5. The summed E-state index contributed by atoms with van der Waals surface area (Å²) in [6, 6.07) is 16.5. The molecule has 0 amide bonds. The van der Waals surface area contributed by atoms with Crippen molar-refractivity contribution in [2.75, 3.05) is 99.6 Å². The molecule has 0 N–H and O–H groups in total. The molecule has 46 heavy (non-hydrogen) atoms. The molecule has 260 valence electrons. The number of benzene rings is 2. The third-order valence-corrected chi connectivity index (χ3v) is 7.04. The molecule has 0 saturated heterocycles. The van der Waals surface area contributed by atoms with Gasteiger partial charge in [0.15, 0.2) is 0 Å². The first-order valence-electron chi connectivity index (χ1n) is 17.1. The Morgan fingerprint density at radius 2 is 0.957 bits per heavy atom. The molecule has 0 aliphatic carbocycles. The topological polar surface area (TPSA) is 86.2 Å². The number of rotatable bonds is 32. The van der Waals surface area contributed by atoms with E-state index in [1.54, 1.807) is 7.11 Å². The minimum absolute atomic E-state index is 0.476. The van der Waals surface area contributed by atoms with Crippen LogP contribution in [0.25, 0.3) is 0 Å². The van der Waals surface area contributed by atoms with E-state index in [1.165, 1.54) is 50.5 Å². The van der Waals surface area contributed by atoms with Crippen molar-refractivity contribution in [3.8, 4) is 5.75 Å². The maximum atomic E-state index is 5.77. The minimum Gasteiger partial charge on any atom is -0.491 e. The van der Waals surface area contributed by atoms with Crippen molar-refractivity contribution in [2.24, 2.45) is 4.99 Å². The zero-order chi connectivity index (χ0) is 32.6. The quantitative estimate of drug-likeness (QED) is 0.0631. The lowest BCUT2D eigenvalue weighted by Gasteiger charge is -2.09. The van der Waals surface area contributed by atoms with Gasteiger partial charge < -0.3 is 37.9 Å². The van der Waals surface area contributed by atoms with Crippen LogP contribution in [0.3, 0.4) is 0 Å². The second-order valence-corrected chi connectivity index (χ2v) is 10.9. The molecule has 2 aromatic carbocycles. The van der Waals surface area contributed by atoms with Crippen LogP contribution in [-0.2, 0) is 39.6 Å². The van der Waals surface area contributed by atoms with Crippen molar-refractivity contribution in [1.82, 2.24) is 0 Å². The molecule has 0 aliphatic heterocycles. The Labute approximate surface area is 277 Å². The summed E-state index contributed by atoms with van der Waals surface area (Å²) in [4.78, 5) is 4.60. The molecule has 0 heterocycles. The molecule has 0 radical (unpaired) electrons. The summed E-state index contributed by atoms with van der Waals surface area (Å²) in [5, 5.41) is 0. The molecule has 2 aromatic rings. The van der Waals surface area contributed by atoms with Gasteiger partial charge in [0.05, 0.1) is 91.6 Å². The average Bonchev–Trinajstić information content (AvgIpc) is 3.08. The fraction of sp³-hybridized carbons (Fsp3) is 0.649. The van der Waals surface area contributed by atoms with Crippen LogP contribution in [-0.4, -0.2) is 106 Å². The Morgan fingerprint density at radius 3 is 1.46 bits per heavy atom. The molecule has 0 aliphatic rings. The highest BCUT2D eigenvalue weighted by Crippen LogP contribution is 2.18. The van der Waals surface area contributed by atoms with Gasteiger partial charge >= 0.3 is 0 Å². The Hall–Kier alpha value is -2.37. The number of nitrogens with zero attached hydrogens (tertiary/aromatic N) is 1. The van der Waals surface area contributed by atoms with Crippen LogP contribution < -0.4 is 4.74 Å². The molecule has 9 heteroatoms. The molecule has 0 unspecified atom stereocenters. The highest BCUT2D eigenvalue weighted by molar-refractivity contribution is 5.81. The maximum absolute atomic E-state index is 5.77. The van der Waals surface area contributed by atoms with Crippen LogP contribution in [0.4, 0.5) is 5.69 Å². The zero-order valence-electron chi connectivity index (χ0n) is 28.5. The smallest absolute Gasteiger partial charge is 0.119 e. The number of ether oxygens (including phenoxy) is 8. The highest BCUT2D eigenvalue weighted by atomic mass is 16.6. The maximum Gasteiger partial charge on any atom is 0.119 e. The predicted molar refractivity (Wildman–Crippen MR) is 184 cm³/mol. The molecule has 0 aromatic heterocycles. The molecule has 2 rings (SSSR count). The lowest BCUT2D eigenvalue weighted by molar-refractivity contribution is -0.0199. The van der Waals surface area contributed by atoms with E-state index in [1.807, 2.05) is 30.5 Å². The molecule has 0 saturated carbocycles. The van der Waals surface area contributed by atoms with Gasteiger partial charge in [-0.3, -0.25) is 4.99 Å². The molecule has 0 atom stereocenters. The van der Waals surface area contributed by atoms with Crippen molar-refractivity contribution in [1.29, 1.82) is 0 Å². The van der Waals surface area contributed by atoms with E-state index in [-0.39, 0.29) is 0 Å². The summed E-state index contributed by atoms with van der Waals surface area (Å²) in [5.74, 6) is 0.797. The van der Waals surface area contributed by atoms with E-state index in [2.05, 4.69) is 36.2 Å². The van der Waals surface area contributed by atoms with E-state index < -0.39 is 0 Å². The largest absolute Gasteiger partial charge is 0.491 e. The lowest BCUT2D eigenvalue weighted by atomic mass is 10.0. The van der Waals surface area contributed by atoms with E-state index in [4.69, 9.17) is 37.9 Å². The first-order valence-corrected chi connectivity index (χ1v) is 17.1. The summed E-state index contributed by atoms with van der Waals surface area (Å²) < 4.78 is 43.5. The monoisotopic (exact) mass is 645 g/mol. The Balaban J connectivity index is 1.38. The fourth-order valence-electron chi connectivity index (χ4n) is 4.40. The van der Waals surface area contributed by atoms with E-state index >= 15 is 0 Å². The van der Waals surface area contributed by atoms with Crippen molar-refractivity contribution in [3.63, 3.8) is 0 Å². The first-order chi connectivity index (χ1) is 22.8. The molecule has 0 spiro atoms. The van der Waals surface area contributed by atoms with Crippen LogP contribution in [0, 0.1) is 0 Å². The Bertz CT molecular complexity index is 955. The van der Waals surface area contributed by atoms with Crippen LogP contribution in [0.5, 0.6) is 5.75 Å². The highest BCUT2D eigenvalue weighted by Gasteiger charge is 1.99. The number of methoxy groups -OCH3 is 1. The first kappa shape index (κ1) is 39.8. The second kappa shape index (κ2) is 30.0. The van der Waals surface area contributed by atoms with E-state index in [9.17, 15) is 0 Å². The van der Waals surface area contributed by atoms with Crippen LogP contribution in [0.2, 0.25) is 0 Å². The summed E-state index contributed by atoms with van der Waals surface area (Å²) in [6.45, 7) is 9.73. The number of hydrogen-bond acceptors (Lipinski definition) is 9.